The van der Waals surface area contributed by atoms with Gasteiger partial charge in [0.05, 0.1) is 6.20 Å². The first-order chi connectivity index (χ1) is 23.7. The van der Waals surface area contributed by atoms with Gasteiger partial charge in [-0.2, -0.15) is 0 Å². The van der Waals surface area contributed by atoms with Crippen molar-refractivity contribution >= 4 is 34.6 Å². The Hall–Kier alpha value is -3.71. The lowest BCUT2D eigenvalue weighted by Crippen LogP contribution is -2.49. The highest BCUT2D eigenvalue weighted by atomic mass is 19.1. The molecule has 4 aliphatic rings. The van der Waals surface area contributed by atoms with Gasteiger partial charge in [-0.1, -0.05) is 6.07 Å². The summed E-state index contributed by atoms with van der Waals surface area (Å²) in [6.07, 6.45) is 9.01. The Morgan fingerprint density at radius 2 is 1.29 bits per heavy atom. The standard InChI is InChI=1S/C36H49F2N9O2/c1-43-14-18-45(19-15-43)34(48)25-8-6-24(7-9-25)22-31-39-23-30-33(41-31)47(36(40-30)42-32-28(37)4-3-5-29(32)38)27-12-10-26(11-13-27)35(49)46-20-16-44(2)17-21-46/h3-5,23-27H,6-22H2,1-2H3,(H,40,42). The molecule has 2 amide bonds. The molecule has 264 valence electrons. The van der Waals surface area contributed by atoms with Gasteiger partial charge in [0, 0.05) is 76.7 Å². The highest BCUT2D eigenvalue weighted by Crippen LogP contribution is 2.39. The summed E-state index contributed by atoms with van der Waals surface area (Å²) in [4.78, 5) is 49.5. The van der Waals surface area contributed by atoms with E-state index in [0.29, 0.717) is 41.2 Å². The van der Waals surface area contributed by atoms with Gasteiger partial charge in [0.25, 0.3) is 0 Å². The van der Waals surface area contributed by atoms with E-state index in [0.717, 1.165) is 104 Å². The number of anilines is 2. The van der Waals surface area contributed by atoms with Crippen LogP contribution in [-0.2, 0) is 16.0 Å². The molecule has 0 unspecified atom stereocenters. The topological polar surface area (TPSA) is 103 Å². The fourth-order valence-electron chi connectivity index (χ4n) is 8.21. The molecule has 1 aromatic carbocycles. The highest BCUT2D eigenvalue weighted by molar-refractivity contribution is 5.80. The Bertz CT molecular complexity index is 1610. The number of aromatic nitrogens is 4. The SMILES string of the molecule is CN1CCN(C(=O)C2CCC(Cc3ncc4nc(Nc5c(F)cccc5F)n(C5CCC(C(=O)N6CCN(C)CC6)CC5)c4n3)CC2)CC1. The van der Waals surface area contributed by atoms with Crippen molar-refractivity contribution in [2.45, 2.75) is 63.8 Å². The maximum Gasteiger partial charge on any atom is 0.225 e. The quantitative estimate of drug-likeness (QED) is 0.391. The number of piperazine rings is 2. The Kier molecular flexibility index (Phi) is 10.1. The van der Waals surface area contributed by atoms with Gasteiger partial charge >= 0.3 is 0 Å². The second-order valence-electron chi connectivity index (χ2n) is 14.7. The van der Waals surface area contributed by atoms with E-state index in [4.69, 9.17) is 9.97 Å². The molecule has 2 aromatic heterocycles. The Labute approximate surface area is 287 Å². The zero-order valence-corrected chi connectivity index (χ0v) is 28.8. The fraction of sp³-hybridized carbons (Fsp3) is 0.639. The van der Waals surface area contributed by atoms with Gasteiger partial charge in [0.1, 0.15) is 28.7 Å². The first kappa shape index (κ1) is 33.8. The number of para-hydroxylation sites is 1. The number of carbonyl (C=O) groups excluding carboxylic acids is 2. The maximum atomic E-state index is 14.8. The van der Waals surface area contributed by atoms with Crippen LogP contribution in [0.1, 0.15) is 63.2 Å². The van der Waals surface area contributed by atoms with E-state index in [2.05, 4.69) is 34.2 Å². The van der Waals surface area contributed by atoms with Crippen molar-refractivity contribution in [2.24, 2.45) is 17.8 Å². The molecule has 3 aromatic rings. The van der Waals surface area contributed by atoms with Gasteiger partial charge in [-0.25, -0.2) is 23.7 Å². The number of rotatable bonds is 7. The number of likely N-dealkylation sites (N-methyl/N-ethyl adjacent to an activating group) is 2. The Morgan fingerprint density at radius 3 is 1.84 bits per heavy atom. The first-order valence-electron chi connectivity index (χ1n) is 18.1. The summed E-state index contributed by atoms with van der Waals surface area (Å²) < 4.78 is 31.6. The molecule has 7 rings (SSSR count). The molecular formula is C36H49F2N9O2. The summed E-state index contributed by atoms with van der Waals surface area (Å²) in [5, 5.41) is 2.95. The van der Waals surface area contributed by atoms with E-state index in [9.17, 15) is 18.4 Å². The molecule has 2 aliphatic heterocycles. The number of benzene rings is 1. The van der Waals surface area contributed by atoms with E-state index in [1.165, 1.54) is 18.2 Å². The van der Waals surface area contributed by atoms with Crippen LogP contribution in [0, 0.1) is 29.4 Å². The summed E-state index contributed by atoms with van der Waals surface area (Å²) >= 11 is 0. The second-order valence-corrected chi connectivity index (χ2v) is 14.7. The van der Waals surface area contributed by atoms with Crippen molar-refractivity contribution in [3.63, 3.8) is 0 Å². The molecule has 49 heavy (non-hydrogen) atoms. The normalized spacial score (nSPS) is 25.9. The van der Waals surface area contributed by atoms with Gasteiger partial charge < -0.3 is 24.9 Å². The predicted octanol–water partition coefficient (Wildman–Crippen LogP) is 4.48. The number of hydrogen-bond donors (Lipinski definition) is 1. The summed E-state index contributed by atoms with van der Waals surface area (Å²) in [6, 6.07) is 3.74. The van der Waals surface area contributed by atoms with Gasteiger partial charge in [-0.3, -0.25) is 14.2 Å². The van der Waals surface area contributed by atoms with E-state index >= 15 is 0 Å². The monoisotopic (exact) mass is 677 g/mol. The Balaban J connectivity index is 1.07. The number of fused-ring (bicyclic) bond motifs is 1. The van der Waals surface area contributed by atoms with Crippen LogP contribution in [-0.4, -0.2) is 117 Å². The lowest BCUT2D eigenvalue weighted by Gasteiger charge is -2.37. The predicted molar refractivity (Wildman–Crippen MR) is 183 cm³/mol. The third-order valence-electron chi connectivity index (χ3n) is 11.4. The average Bonchev–Trinajstić information content (AvgIpc) is 3.47. The van der Waals surface area contributed by atoms with Crippen molar-refractivity contribution < 1.29 is 18.4 Å². The lowest BCUT2D eigenvalue weighted by molar-refractivity contribution is -0.139. The molecule has 0 atom stereocenters. The molecule has 2 aliphatic carbocycles. The van der Waals surface area contributed by atoms with Gasteiger partial charge in [-0.05, 0) is 83.5 Å². The van der Waals surface area contributed by atoms with Crippen molar-refractivity contribution in [2.75, 3.05) is 71.8 Å². The van der Waals surface area contributed by atoms with E-state index in [1.807, 2.05) is 14.4 Å². The number of hydrogen-bond acceptors (Lipinski definition) is 8. The number of imidazole rings is 1. The third-order valence-corrected chi connectivity index (χ3v) is 11.4. The van der Waals surface area contributed by atoms with Crippen molar-refractivity contribution in [3.05, 3.63) is 41.9 Å². The summed E-state index contributed by atoms with van der Waals surface area (Å²) in [6.45, 7) is 6.79. The largest absolute Gasteiger partial charge is 0.340 e. The number of carbonyl (C=O) groups is 2. The second kappa shape index (κ2) is 14.6. The van der Waals surface area contributed by atoms with Crippen LogP contribution in [0.15, 0.2) is 24.4 Å². The zero-order valence-electron chi connectivity index (χ0n) is 28.8. The van der Waals surface area contributed by atoms with Gasteiger partial charge in [-0.15, -0.1) is 0 Å². The fourth-order valence-corrected chi connectivity index (χ4v) is 8.21. The van der Waals surface area contributed by atoms with Crippen LogP contribution in [0.5, 0.6) is 0 Å². The number of amides is 2. The minimum absolute atomic E-state index is 0.0293. The minimum atomic E-state index is -0.700. The molecule has 0 radical (unpaired) electrons. The number of halogens is 2. The molecular weight excluding hydrogens is 628 g/mol. The Morgan fingerprint density at radius 1 is 0.755 bits per heavy atom. The van der Waals surface area contributed by atoms with Crippen molar-refractivity contribution in [3.8, 4) is 0 Å². The summed E-state index contributed by atoms with van der Waals surface area (Å²) in [5.74, 6) is 0.618. The molecule has 2 saturated carbocycles. The molecule has 1 N–H and O–H groups in total. The maximum absolute atomic E-state index is 14.8. The molecule has 13 heteroatoms. The molecule has 0 bridgehead atoms. The van der Waals surface area contributed by atoms with Crippen molar-refractivity contribution in [1.29, 1.82) is 0 Å². The van der Waals surface area contributed by atoms with Crippen LogP contribution >= 0.6 is 0 Å². The lowest BCUT2D eigenvalue weighted by atomic mass is 9.79. The molecule has 4 fully saturated rings. The van der Waals surface area contributed by atoms with Crippen LogP contribution < -0.4 is 5.32 Å². The first-order valence-corrected chi connectivity index (χ1v) is 18.1. The third kappa shape index (κ3) is 7.42. The van der Waals surface area contributed by atoms with E-state index in [-0.39, 0.29) is 29.5 Å². The highest BCUT2D eigenvalue weighted by Gasteiger charge is 2.34. The van der Waals surface area contributed by atoms with Gasteiger partial charge in [0.15, 0.2) is 5.65 Å². The molecule has 11 nitrogen and oxygen atoms in total. The average molecular weight is 678 g/mol. The number of nitrogens with zero attached hydrogens (tertiary/aromatic N) is 8. The minimum Gasteiger partial charge on any atom is -0.340 e. The molecule has 0 spiro atoms. The molecule has 2 saturated heterocycles. The summed E-state index contributed by atoms with van der Waals surface area (Å²) in [5.41, 5.74) is 0.936. The van der Waals surface area contributed by atoms with Gasteiger partial charge in [0.2, 0.25) is 17.8 Å². The smallest absolute Gasteiger partial charge is 0.225 e. The van der Waals surface area contributed by atoms with E-state index < -0.39 is 11.6 Å². The van der Waals surface area contributed by atoms with Crippen LogP contribution in [0.4, 0.5) is 20.4 Å². The van der Waals surface area contributed by atoms with Crippen molar-refractivity contribution in [1.82, 2.24) is 39.1 Å². The van der Waals surface area contributed by atoms with Crippen LogP contribution in [0.3, 0.4) is 0 Å². The van der Waals surface area contributed by atoms with E-state index in [1.54, 1.807) is 6.20 Å². The van der Waals surface area contributed by atoms with Crippen LogP contribution in [0.25, 0.3) is 11.2 Å². The summed E-state index contributed by atoms with van der Waals surface area (Å²) in [7, 11) is 4.18. The molecule has 4 heterocycles. The number of nitrogens with one attached hydrogen (secondary N) is 1. The van der Waals surface area contributed by atoms with Crippen LogP contribution in [0.2, 0.25) is 0 Å². The zero-order chi connectivity index (χ0) is 34.1.